The minimum Gasteiger partial charge on any atom is -0.346 e. The van der Waals surface area contributed by atoms with Crippen LogP contribution in [0.15, 0.2) is 53.4 Å². The van der Waals surface area contributed by atoms with Crippen LogP contribution < -0.4 is 15.4 Å². The van der Waals surface area contributed by atoms with E-state index >= 15 is 0 Å². The van der Waals surface area contributed by atoms with E-state index in [9.17, 15) is 18.0 Å². The van der Waals surface area contributed by atoms with Gasteiger partial charge in [-0.3, -0.25) is 9.59 Å². The molecule has 0 fully saturated rings. The minimum absolute atomic E-state index is 0.0661. The summed E-state index contributed by atoms with van der Waals surface area (Å²) in [6.45, 7) is 1.09. The van der Waals surface area contributed by atoms with Gasteiger partial charge in [-0.15, -0.1) is 0 Å². The lowest BCUT2D eigenvalue weighted by molar-refractivity contribution is -0.123. The van der Waals surface area contributed by atoms with Gasteiger partial charge < -0.3 is 10.6 Å². The summed E-state index contributed by atoms with van der Waals surface area (Å²) in [5.74, 6) is -1.06. The Hall–Kier alpha value is -2.42. The van der Waals surface area contributed by atoms with E-state index in [4.69, 9.17) is 11.6 Å². The van der Waals surface area contributed by atoms with E-state index in [1.54, 1.807) is 36.4 Å². The molecule has 2 amide bonds. The first-order valence-electron chi connectivity index (χ1n) is 7.65. The molecule has 3 N–H and O–H groups in total. The van der Waals surface area contributed by atoms with Crippen LogP contribution in [-0.4, -0.2) is 33.3 Å². The predicted octanol–water partition coefficient (Wildman–Crippen LogP) is 1.68. The van der Waals surface area contributed by atoms with Crippen molar-refractivity contribution in [2.24, 2.45) is 0 Å². The Balaban J connectivity index is 1.78. The Morgan fingerprint density at radius 1 is 0.923 bits per heavy atom. The number of hydrogen-bond acceptors (Lipinski definition) is 4. The van der Waals surface area contributed by atoms with Gasteiger partial charge in [-0.05, 0) is 43.3 Å². The largest absolute Gasteiger partial charge is 0.346 e. The molecule has 0 heterocycles. The normalized spacial score (nSPS) is 11.0. The summed E-state index contributed by atoms with van der Waals surface area (Å²) in [6, 6.07) is 12.7. The predicted molar refractivity (Wildman–Crippen MR) is 99.5 cm³/mol. The Morgan fingerprint density at radius 2 is 1.54 bits per heavy atom. The molecule has 138 valence electrons. The lowest BCUT2D eigenvalue weighted by Crippen LogP contribution is -2.40. The minimum atomic E-state index is -3.79. The maximum absolute atomic E-state index is 12.1. The van der Waals surface area contributed by atoms with Crippen molar-refractivity contribution in [3.8, 4) is 0 Å². The lowest BCUT2D eigenvalue weighted by Gasteiger charge is -2.09. The van der Waals surface area contributed by atoms with Crippen molar-refractivity contribution in [1.29, 1.82) is 0 Å². The Kier molecular flexibility index (Phi) is 6.73. The fourth-order valence-corrected chi connectivity index (χ4v) is 3.05. The first-order chi connectivity index (χ1) is 12.3. The average molecular weight is 396 g/mol. The van der Waals surface area contributed by atoms with Gasteiger partial charge in [-0.25, -0.2) is 13.1 Å². The smallest absolute Gasteiger partial charge is 0.243 e. The van der Waals surface area contributed by atoms with Crippen LogP contribution in [0.2, 0.25) is 5.02 Å². The first-order valence-corrected chi connectivity index (χ1v) is 9.51. The third-order valence-corrected chi connectivity index (χ3v) is 5.00. The molecule has 0 saturated heterocycles. The van der Waals surface area contributed by atoms with Crippen molar-refractivity contribution in [3.63, 3.8) is 0 Å². The molecule has 2 aromatic rings. The molecule has 2 aromatic carbocycles. The molecule has 0 aliphatic heterocycles. The van der Waals surface area contributed by atoms with Crippen LogP contribution in [0, 0.1) is 6.92 Å². The number of benzene rings is 2. The Labute approximate surface area is 156 Å². The number of halogens is 1. The highest BCUT2D eigenvalue weighted by Crippen LogP contribution is 2.13. The summed E-state index contributed by atoms with van der Waals surface area (Å²) >= 11 is 5.75. The highest BCUT2D eigenvalue weighted by Gasteiger charge is 2.15. The second-order valence-electron chi connectivity index (χ2n) is 5.47. The van der Waals surface area contributed by atoms with E-state index in [0.29, 0.717) is 10.7 Å². The van der Waals surface area contributed by atoms with Crippen LogP contribution in [0.1, 0.15) is 5.56 Å². The molecule has 0 saturated carbocycles. The SMILES string of the molecule is Cc1ccc(S(=O)(=O)NCC(=O)NCC(=O)Nc2ccc(Cl)cc2)cc1. The summed E-state index contributed by atoms with van der Waals surface area (Å²) in [4.78, 5) is 23.6. The maximum Gasteiger partial charge on any atom is 0.243 e. The van der Waals surface area contributed by atoms with Gasteiger partial charge in [0.1, 0.15) is 0 Å². The summed E-state index contributed by atoms with van der Waals surface area (Å²) < 4.78 is 26.3. The number of nitrogens with one attached hydrogen (secondary N) is 3. The van der Waals surface area contributed by atoms with Crippen molar-refractivity contribution in [2.75, 3.05) is 18.4 Å². The summed E-state index contributed by atoms with van der Waals surface area (Å²) in [5.41, 5.74) is 1.46. The maximum atomic E-state index is 12.1. The number of sulfonamides is 1. The van der Waals surface area contributed by atoms with Crippen LogP contribution in [0.3, 0.4) is 0 Å². The van der Waals surface area contributed by atoms with E-state index in [0.717, 1.165) is 5.56 Å². The van der Waals surface area contributed by atoms with Gasteiger partial charge >= 0.3 is 0 Å². The zero-order chi connectivity index (χ0) is 19.2. The molecule has 0 aromatic heterocycles. The topological polar surface area (TPSA) is 104 Å². The summed E-state index contributed by atoms with van der Waals surface area (Å²) in [7, 11) is -3.79. The van der Waals surface area contributed by atoms with Gasteiger partial charge in [0, 0.05) is 10.7 Å². The van der Waals surface area contributed by atoms with Crippen molar-refractivity contribution < 1.29 is 18.0 Å². The molecule has 0 bridgehead atoms. The lowest BCUT2D eigenvalue weighted by atomic mass is 10.2. The number of hydrogen-bond donors (Lipinski definition) is 3. The van der Waals surface area contributed by atoms with Crippen molar-refractivity contribution in [2.45, 2.75) is 11.8 Å². The van der Waals surface area contributed by atoms with Crippen LogP contribution in [-0.2, 0) is 19.6 Å². The third kappa shape index (κ3) is 6.14. The van der Waals surface area contributed by atoms with Gasteiger partial charge in [-0.2, -0.15) is 0 Å². The summed E-state index contributed by atoms with van der Waals surface area (Å²) in [6.07, 6.45) is 0. The van der Waals surface area contributed by atoms with Gasteiger partial charge in [0.15, 0.2) is 0 Å². The fraction of sp³-hybridized carbons (Fsp3) is 0.176. The van der Waals surface area contributed by atoms with Crippen molar-refractivity contribution in [1.82, 2.24) is 10.0 Å². The third-order valence-electron chi connectivity index (χ3n) is 3.33. The van der Waals surface area contributed by atoms with E-state index in [1.807, 2.05) is 6.92 Å². The molecule has 0 spiro atoms. The molecule has 0 aliphatic carbocycles. The zero-order valence-corrected chi connectivity index (χ0v) is 15.5. The van der Waals surface area contributed by atoms with Crippen LogP contribution in [0.25, 0.3) is 0 Å². The fourth-order valence-electron chi connectivity index (χ4n) is 1.94. The second-order valence-corrected chi connectivity index (χ2v) is 7.67. The van der Waals surface area contributed by atoms with Gasteiger partial charge in [-0.1, -0.05) is 29.3 Å². The number of rotatable bonds is 7. The number of amides is 2. The number of aryl methyl sites for hydroxylation is 1. The first kappa shape index (κ1) is 19.9. The quantitative estimate of drug-likeness (QED) is 0.663. The Morgan fingerprint density at radius 3 is 2.15 bits per heavy atom. The van der Waals surface area contributed by atoms with E-state index in [2.05, 4.69) is 15.4 Å². The van der Waals surface area contributed by atoms with Crippen LogP contribution in [0.4, 0.5) is 5.69 Å². The second kappa shape index (κ2) is 8.79. The zero-order valence-electron chi connectivity index (χ0n) is 14.0. The van der Waals surface area contributed by atoms with Gasteiger partial charge in [0.25, 0.3) is 0 Å². The number of carbonyl (C=O) groups excluding carboxylic acids is 2. The molecule has 0 radical (unpaired) electrons. The highest BCUT2D eigenvalue weighted by atomic mass is 35.5. The molecule has 0 atom stereocenters. The monoisotopic (exact) mass is 395 g/mol. The van der Waals surface area contributed by atoms with Gasteiger partial charge in [0.2, 0.25) is 21.8 Å². The number of carbonyl (C=O) groups is 2. The van der Waals surface area contributed by atoms with Gasteiger partial charge in [0.05, 0.1) is 18.0 Å². The molecular weight excluding hydrogens is 378 g/mol. The molecular formula is C17H18ClN3O4S. The molecule has 0 aliphatic rings. The molecule has 26 heavy (non-hydrogen) atoms. The highest BCUT2D eigenvalue weighted by molar-refractivity contribution is 7.89. The Bertz CT molecular complexity index is 881. The molecule has 7 nitrogen and oxygen atoms in total. The molecule has 0 unspecified atom stereocenters. The van der Waals surface area contributed by atoms with E-state index < -0.39 is 28.4 Å². The average Bonchev–Trinajstić information content (AvgIpc) is 2.61. The summed E-state index contributed by atoms with van der Waals surface area (Å²) in [5, 5.41) is 5.46. The van der Waals surface area contributed by atoms with E-state index in [1.165, 1.54) is 12.1 Å². The van der Waals surface area contributed by atoms with Crippen LogP contribution >= 0.6 is 11.6 Å². The van der Waals surface area contributed by atoms with Crippen LogP contribution in [0.5, 0.6) is 0 Å². The van der Waals surface area contributed by atoms with E-state index in [-0.39, 0.29) is 11.4 Å². The van der Waals surface area contributed by atoms with Crippen molar-refractivity contribution in [3.05, 3.63) is 59.1 Å². The standard InChI is InChI=1S/C17H18ClN3O4S/c1-12-2-8-15(9-3-12)26(24,25)20-11-16(22)19-10-17(23)21-14-6-4-13(18)5-7-14/h2-9,20H,10-11H2,1H3,(H,19,22)(H,21,23). The molecule has 2 rings (SSSR count). The number of anilines is 1. The van der Waals surface area contributed by atoms with Crippen molar-refractivity contribution >= 4 is 39.1 Å². The molecule has 9 heteroatoms.